The first-order chi connectivity index (χ1) is 14.5. The average molecular weight is 404 g/mol. The molecule has 1 aromatic heterocycles. The molecule has 1 aliphatic carbocycles. The van der Waals surface area contributed by atoms with Crippen LogP contribution >= 0.6 is 0 Å². The van der Waals surface area contributed by atoms with Gasteiger partial charge in [-0.25, -0.2) is 4.79 Å². The van der Waals surface area contributed by atoms with E-state index in [4.69, 9.17) is 4.74 Å². The van der Waals surface area contributed by atoms with Crippen LogP contribution < -0.4 is 15.4 Å². The van der Waals surface area contributed by atoms with Gasteiger partial charge in [0.2, 0.25) is 5.91 Å². The van der Waals surface area contributed by atoms with Crippen molar-refractivity contribution in [2.45, 2.75) is 12.8 Å². The molecule has 0 spiro atoms. The Morgan fingerprint density at radius 2 is 1.77 bits per heavy atom. The van der Waals surface area contributed by atoms with Crippen molar-refractivity contribution < 1.29 is 19.1 Å². The minimum atomic E-state index is -0.537. The number of aromatic nitrogens is 2. The van der Waals surface area contributed by atoms with Crippen LogP contribution in [0.5, 0.6) is 5.75 Å². The number of amides is 2. The summed E-state index contributed by atoms with van der Waals surface area (Å²) in [7, 11) is 1.73. The first-order valence-electron chi connectivity index (χ1n) is 9.51. The van der Waals surface area contributed by atoms with Gasteiger partial charge in [-0.2, -0.15) is 5.10 Å². The molecule has 8 heteroatoms. The molecule has 2 N–H and O–H groups in total. The minimum Gasteiger partial charge on any atom is -0.423 e. The fourth-order valence-electron chi connectivity index (χ4n) is 2.83. The number of ether oxygens (including phenoxy) is 1. The van der Waals surface area contributed by atoms with Crippen LogP contribution in [0.2, 0.25) is 0 Å². The Bertz CT molecular complexity index is 1100. The van der Waals surface area contributed by atoms with Crippen molar-refractivity contribution in [1.82, 2.24) is 9.78 Å². The summed E-state index contributed by atoms with van der Waals surface area (Å²) in [6.07, 6.45) is 4.91. The number of rotatable bonds is 6. The monoisotopic (exact) mass is 404 g/mol. The van der Waals surface area contributed by atoms with Crippen LogP contribution in [0, 0.1) is 5.92 Å². The zero-order chi connectivity index (χ0) is 21.1. The zero-order valence-electron chi connectivity index (χ0n) is 16.3. The molecule has 30 heavy (non-hydrogen) atoms. The number of hydrogen-bond donors (Lipinski definition) is 2. The molecule has 2 amide bonds. The van der Waals surface area contributed by atoms with Crippen molar-refractivity contribution in [2.24, 2.45) is 13.0 Å². The lowest BCUT2D eigenvalue weighted by atomic mass is 10.2. The van der Waals surface area contributed by atoms with Crippen molar-refractivity contribution in [3.8, 4) is 5.75 Å². The molecule has 0 unspecified atom stereocenters. The van der Waals surface area contributed by atoms with Crippen molar-refractivity contribution in [1.29, 1.82) is 0 Å². The summed E-state index contributed by atoms with van der Waals surface area (Å²) in [5.74, 6) is -0.420. The van der Waals surface area contributed by atoms with Gasteiger partial charge in [-0.05, 0) is 55.3 Å². The van der Waals surface area contributed by atoms with Gasteiger partial charge < -0.3 is 15.4 Å². The van der Waals surface area contributed by atoms with Crippen LogP contribution in [-0.2, 0) is 11.8 Å². The molecule has 4 rings (SSSR count). The highest BCUT2D eigenvalue weighted by Crippen LogP contribution is 2.30. The number of nitrogens with zero attached hydrogens (tertiary/aromatic N) is 2. The van der Waals surface area contributed by atoms with Crippen LogP contribution in [0.3, 0.4) is 0 Å². The first-order valence-corrected chi connectivity index (χ1v) is 9.51. The third kappa shape index (κ3) is 4.72. The van der Waals surface area contributed by atoms with Gasteiger partial charge in [0.25, 0.3) is 5.91 Å². The van der Waals surface area contributed by atoms with Crippen LogP contribution in [0.4, 0.5) is 11.4 Å². The molecule has 0 radical (unpaired) electrons. The van der Waals surface area contributed by atoms with Crippen LogP contribution in [-0.4, -0.2) is 27.6 Å². The molecule has 3 aromatic rings. The number of hydrogen-bond acceptors (Lipinski definition) is 5. The van der Waals surface area contributed by atoms with E-state index >= 15 is 0 Å². The van der Waals surface area contributed by atoms with E-state index < -0.39 is 5.97 Å². The lowest BCUT2D eigenvalue weighted by Gasteiger charge is -2.08. The third-order valence-electron chi connectivity index (χ3n) is 4.60. The van der Waals surface area contributed by atoms with Crippen LogP contribution in [0.25, 0.3) is 0 Å². The Hall–Kier alpha value is -3.94. The predicted molar refractivity (Wildman–Crippen MR) is 110 cm³/mol. The van der Waals surface area contributed by atoms with Gasteiger partial charge in [0.05, 0.1) is 17.3 Å². The maximum Gasteiger partial charge on any atom is 0.343 e. The maximum absolute atomic E-state index is 12.4. The lowest BCUT2D eigenvalue weighted by Crippen LogP contribution is -2.14. The Morgan fingerprint density at radius 3 is 2.43 bits per heavy atom. The third-order valence-corrected chi connectivity index (χ3v) is 4.60. The molecule has 2 aromatic carbocycles. The first kappa shape index (κ1) is 19.4. The van der Waals surface area contributed by atoms with E-state index in [1.165, 1.54) is 6.20 Å². The molecule has 1 heterocycles. The average Bonchev–Trinajstić information content (AvgIpc) is 3.50. The van der Waals surface area contributed by atoms with E-state index in [-0.39, 0.29) is 17.7 Å². The van der Waals surface area contributed by atoms with Gasteiger partial charge in [-0.15, -0.1) is 0 Å². The van der Waals surface area contributed by atoms with Crippen molar-refractivity contribution >= 4 is 29.2 Å². The Balaban J connectivity index is 1.36. The molecule has 1 saturated carbocycles. The van der Waals surface area contributed by atoms with E-state index in [2.05, 4.69) is 15.7 Å². The van der Waals surface area contributed by atoms with Crippen molar-refractivity contribution in [3.05, 3.63) is 72.1 Å². The number of nitrogens with one attached hydrogen (secondary N) is 2. The second-order valence-corrected chi connectivity index (χ2v) is 7.12. The maximum atomic E-state index is 12.4. The summed E-state index contributed by atoms with van der Waals surface area (Å²) in [5, 5.41) is 9.52. The number of carbonyl (C=O) groups excluding carboxylic acids is 3. The molecular weight excluding hydrogens is 384 g/mol. The molecule has 1 fully saturated rings. The van der Waals surface area contributed by atoms with Crippen molar-refractivity contribution in [3.63, 3.8) is 0 Å². The van der Waals surface area contributed by atoms with E-state index in [9.17, 15) is 14.4 Å². The molecule has 0 bridgehead atoms. The minimum absolute atomic E-state index is 0.0237. The molecule has 0 aliphatic heterocycles. The number of aryl methyl sites for hydroxylation is 1. The number of esters is 1. The largest absolute Gasteiger partial charge is 0.423 e. The van der Waals surface area contributed by atoms with Gasteiger partial charge in [0.15, 0.2) is 0 Å². The van der Waals surface area contributed by atoms with E-state index in [0.29, 0.717) is 28.3 Å². The standard InChI is InChI=1S/C22H20N4O4/c1-26-13-16(12-23-26)21(28)24-17-7-9-19(10-8-17)30-22(29)15-3-2-4-18(11-15)25-20(27)14-5-6-14/h2-4,7-14H,5-6H2,1H3,(H,24,28)(H,25,27). The normalized spacial score (nSPS) is 12.8. The van der Waals surface area contributed by atoms with Gasteiger partial charge >= 0.3 is 5.97 Å². The van der Waals surface area contributed by atoms with E-state index in [1.54, 1.807) is 66.5 Å². The SMILES string of the molecule is Cn1cc(C(=O)Nc2ccc(OC(=O)c3cccc(NC(=O)C4CC4)c3)cc2)cn1. The van der Waals surface area contributed by atoms with Crippen molar-refractivity contribution in [2.75, 3.05) is 10.6 Å². The number of anilines is 2. The van der Waals surface area contributed by atoms with E-state index in [1.807, 2.05) is 0 Å². The Labute approximate surface area is 172 Å². The quantitative estimate of drug-likeness (QED) is 0.485. The lowest BCUT2D eigenvalue weighted by molar-refractivity contribution is -0.117. The fraction of sp³-hybridized carbons (Fsp3) is 0.182. The fourth-order valence-corrected chi connectivity index (χ4v) is 2.83. The Kier molecular flexibility index (Phi) is 5.30. The molecular formula is C22H20N4O4. The Morgan fingerprint density at radius 1 is 1.00 bits per heavy atom. The molecule has 0 atom stereocenters. The second kappa shape index (κ2) is 8.20. The number of benzene rings is 2. The molecule has 0 saturated heterocycles. The van der Waals surface area contributed by atoms with Gasteiger partial charge in [-0.3, -0.25) is 14.3 Å². The van der Waals surface area contributed by atoms with Crippen LogP contribution in [0.15, 0.2) is 60.9 Å². The molecule has 8 nitrogen and oxygen atoms in total. The van der Waals surface area contributed by atoms with Crippen LogP contribution in [0.1, 0.15) is 33.6 Å². The molecule has 1 aliphatic rings. The van der Waals surface area contributed by atoms with E-state index in [0.717, 1.165) is 12.8 Å². The molecule has 152 valence electrons. The summed E-state index contributed by atoms with van der Waals surface area (Å²) in [5.41, 5.74) is 1.91. The highest BCUT2D eigenvalue weighted by Gasteiger charge is 2.29. The predicted octanol–water partition coefficient (Wildman–Crippen LogP) is 3.24. The summed E-state index contributed by atoms with van der Waals surface area (Å²) in [6.45, 7) is 0. The van der Waals surface area contributed by atoms with Gasteiger partial charge in [0, 0.05) is 30.5 Å². The smallest absolute Gasteiger partial charge is 0.343 e. The highest BCUT2D eigenvalue weighted by molar-refractivity contribution is 6.04. The second-order valence-electron chi connectivity index (χ2n) is 7.12. The summed E-state index contributed by atoms with van der Waals surface area (Å²) in [6, 6.07) is 13.1. The highest BCUT2D eigenvalue weighted by atomic mass is 16.5. The number of carbonyl (C=O) groups is 3. The van der Waals surface area contributed by atoms with Gasteiger partial charge in [0.1, 0.15) is 5.75 Å². The summed E-state index contributed by atoms with van der Waals surface area (Å²) < 4.78 is 6.94. The summed E-state index contributed by atoms with van der Waals surface area (Å²) >= 11 is 0. The summed E-state index contributed by atoms with van der Waals surface area (Å²) in [4.78, 5) is 36.5. The zero-order valence-corrected chi connectivity index (χ0v) is 16.3. The van der Waals surface area contributed by atoms with Gasteiger partial charge in [-0.1, -0.05) is 6.07 Å². The topological polar surface area (TPSA) is 102 Å².